The summed E-state index contributed by atoms with van der Waals surface area (Å²) in [4.78, 5) is 43.6. The maximum atomic E-state index is 13.6. The minimum Gasteiger partial charge on any atom is -0.444 e. The normalized spacial score (nSPS) is 10.7. The zero-order valence-corrected chi connectivity index (χ0v) is 17.9. The number of aryl methyl sites for hydroxylation is 1. The smallest absolute Gasteiger partial charge is 0.335 e. The molecule has 0 aliphatic carbocycles. The summed E-state index contributed by atoms with van der Waals surface area (Å²) in [6.07, 6.45) is 1.58. The van der Waals surface area contributed by atoms with Crippen molar-refractivity contribution < 1.29 is 9.21 Å². The zero-order chi connectivity index (χ0) is 23.5. The van der Waals surface area contributed by atoms with Crippen molar-refractivity contribution in [1.29, 1.82) is 5.26 Å². The lowest BCUT2D eigenvalue weighted by atomic mass is 10.1. The fraction of sp³-hybridized carbons (Fsp3) is 0.120. The number of fused-ring (bicyclic) bond motifs is 1. The van der Waals surface area contributed by atoms with E-state index in [4.69, 9.17) is 9.68 Å². The second-order valence-corrected chi connectivity index (χ2v) is 7.43. The fourth-order valence-corrected chi connectivity index (χ4v) is 3.76. The molecule has 0 aliphatic rings. The monoisotopic (exact) mass is 440 g/mol. The molecule has 0 radical (unpaired) electrons. The van der Waals surface area contributed by atoms with Gasteiger partial charge in [0.2, 0.25) is 5.71 Å². The van der Waals surface area contributed by atoms with E-state index in [9.17, 15) is 14.4 Å². The third-order valence-corrected chi connectivity index (χ3v) is 5.22. The molecular weight excluding hydrogens is 420 g/mol. The van der Waals surface area contributed by atoms with Crippen LogP contribution in [0.15, 0.2) is 81.3 Å². The van der Waals surface area contributed by atoms with Gasteiger partial charge < -0.3 is 9.32 Å². The van der Waals surface area contributed by atoms with Crippen LogP contribution in [0.4, 0.5) is 0 Å². The van der Waals surface area contributed by atoms with Gasteiger partial charge in [0.05, 0.1) is 22.9 Å². The number of furan rings is 1. The molecule has 0 unspecified atom stereocenters. The van der Waals surface area contributed by atoms with Crippen molar-refractivity contribution in [1.82, 2.24) is 14.5 Å². The quantitative estimate of drug-likeness (QED) is 0.463. The SMILES string of the molecule is C=CCN(Cc1cccc(C#N)c1)C(=O)c1c(C)oc2[nH]c(=O)n(-c3ccccc3)c(=O)c12. The van der Waals surface area contributed by atoms with Crippen molar-refractivity contribution in [3.05, 3.63) is 111 Å². The van der Waals surface area contributed by atoms with Crippen LogP contribution in [0, 0.1) is 18.3 Å². The predicted octanol–water partition coefficient (Wildman–Crippen LogP) is 3.28. The Kier molecular flexibility index (Phi) is 5.79. The molecule has 0 atom stereocenters. The summed E-state index contributed by atoms with van der Waals surface area (Å²) in [5.41, 5.74) is 0.320. The number of rotatable bonds is 6. The van der Waals surface area contributed by atoms with E-state index in [2.05, 4.69) is 17.6 Å². The lowest BCUT2D eigenvalue weighted by molar-refractivity contribution is 0.0762. The largest absolute Gasteiger partial charge is 0.444 e. The number of aromatic amines is 1. The number of para-hydroxylation sites is 1. The Labute approximate surface area is 188 Å². The van der Waals surface area contributed by atoms with E-state index in [1.807, 2.05) is 6.07 Å². The molecule has 1 N–H and O–H groups in total. The maximum absolute atomic E-state index is 13.6. The lowest BCUT2D eigenvalue weighted by Gasteiger charge is -2.21. The van der Waals surface area contributed by atoms with Crippen molar-refractivity contribution in [2.45, 2.75) is 13.5 Å². The number of nitriles is 1. The molecule has 4 rings (SSSR count). The molecule has 0 spiro atoms. The Morgan fingerprint density at radius 1 is 1.21 bits per heavy atom. The van der Waals surface area contributed by atoms with Crippen molar-refractivity contribution in [2.24, 2.45) is 0 Å². The Hall–Kier alpha value is -4.64. The lowest BCUT2D eigenvalue weighted by Crippen LogP contribution is -2.35. The van der Waals surface area contributed by atoms with Crippen LogP contribution in [0.2, 0.25) is 0 Å². The van der Waals surface area contributed by atoms with Gasteiger partial charge in [0.25, 0.3) is 11.5 Å². The third-order valence-electron chi connectivity index (χ3n) is 5.22. The van der Waals surface area contributed by atoms with Crippen molar-refractivity contribution >= 4 is 17.0 Å². The van der Waals surface area contributed by atoms with E-state index in [1.165, 1.54) is 4.90 Å². The summed E-state index contributed by atoms with van der Waals surface area (Å²) >= 11 is 0. The number of carbonyl (C=O) groups excluding carboxylic acids is 1. The first-order valence-electron chi connectivity index (χ1n) is 10.2. The average Bonchev–Trinajstić information content (AvgIpc) is 3.15. The molecule has 1 amide bonds. The van der Waals surface area contributed by atoms with Crippen molar-refractivity contribution in [3.63, 3.8) is 0 Å². The molecule has 8 heteroatoms. The minimum absolute atomic E-state index is 0.000732. The van der Waals surface area contributed by atoms with Gasteiger partial charge in [-0.25, -0.2) is 9.36 Å². The third kappa shape index (κ3) is 4.00. The first kappa shape index (κ1) is 21.6. The second kappa shape index (κ2) is 8.85. The summed E-state index contributed by atoms with van der Waals surface area (Å²) in [6.45, 7) is 5.70. The van der Waals surface area contributed by atoms with Gasteiger partial charge in [0.1, 0.15) is 11.1 Å². The van der Waals surface area contributed by atoms with Crippen LogP contribution in [-0.2, 0) is 6.54 Å². The van der Waals surface area contributed by atoms with Crippen LogP contribution in [0.25, 0.3) is 16.8 Å². The first-order valence-corrected chi connectivity index (χ1v) is 10.2. The van der Waals surface area contributed by atoms with Gasteiger partial charge in [-0.1, -0.05) is 36.4 Å². The Balaban J connectivity index is 1.85. The molecule has 2 heterocycles. The number of nitrogens with zero attached hydrogens (tertiary/aromatic N) is 3. The summed E-state index contributed by atoms with van der Waals surface area (Å²) < 4.78 is 6.58. The van der Waals surface area contributed by atoms with Gasteiger partial charge in [-0.2, -0.15) is 5.26 Å². The minimum atomic E-state index is -0.664. The first-order chi connectivity index (χ1) is 15.9. The number of nitrogens with one attached hydrogen (secondary N) is 1. The molecule has 2 aromatic carbocycles. The van der Waals surface area contributed by atoms with E-state index < -0.39 is 17.2 Å². The highest BCUT2D eigenvalue weighted by molar-refractivity contribution is 6.06. The second-order valence-electron chi connectivity index (χ2n) is 7.43. The highest BCUT2D eigenvalue weighted by Gasteiger charge is 2.27. The number of H-pyrrole nitrogens is 1. The van der Waals surface area contributed by atoms with Crippen molar-refractivity contribution in [3.8, 4) is 11.8 Å². The average molecular weight is 440 g/mol. The van der Waals surface area contributed by atoms with E-state index in [0.29, 0.717) is 11.3 Å². The summed E-state index contributed by atoms with van der Waals surface area (Å²) in [6, 6.07) is 17.5. The molecule has 33 heavy (non-hydrogen) atoms. The van der Waals surface area contributed by atoms with Crippen LogP contribution in [0.1, 0.15) is 27.2 Å². The molecular formula is C25H20N4O4. The topological polar surface area (TPSA) is 112 Å². The van der Waals surface area contributed by atoms with Crippen LogP contribution < -0.4 is 11.2 Å². The molecule has 0 fully saturated rings. The van der Waals surface area contributed by atoms with Gasteiger partial charge in [-0.3, -0.25) is 14.6 Å². The van der Waals surface area contributed by atoms with Crippen LogP contribution in [0.3, 0.4) is 0 Å². The Morgan fingerprint density at radius 2 is 1.97 bits per heavy atom. The molecule has 0 bridgehead atoms. The van der Waals surface area contributed by atoms with Crippen LogP contribution in [0.5, 0.6) is 0 Å². The van der Waals surface area contributed by atoms with Gasteiger partial charge in [-0.15, -0.1) is 6.58 Å². The van der Waals surface area contributed by atoms with E-state index >= 15 is 0 Å². The van der Waals surface area contributed by atoms with Gasteiger partial charge in [0, 0.05) is 13.1 Å². The summed E-state index contributed by atoms with van der Waals surface area (Å²) in [5, 5.41) is 9.16. The molecule has 8 nitrogen and oxygen atoms in total. The predicted molar refractivity (Wildman–Crippen MR) is 123 cm³/mol. The number of aromatic nitrogens is 2. The Bertz CT molecular complexity index is 1520. The highest BCUT2D eigenvalue weighted by atomic mass is 16.3. The maximum Gasteiger partial charge on any atom is 0.335 e. The van der Waals surface area contributed by atoms with Crippen LogP contribution in [-0.4, -0.2) is 26.9 Å². The van der Waals surface area contributed by atoms with Gasteiger partial charge in [0.15, 0.2) is 0 Å². The fourth-order valence-electron chi connectivity index (χ4n) is 3.76. The molecule has 4 aromatic rings. The van der Waals surface area contributed by atoms with Gasteiger partial charge in [-0.05, 0) is 36.8 Å². The molecule has 2 aromatic heterocycles. The number of hydrogen-bond acceptors (Lipinski definition) is 5. The molecule has 164 valence electrons. The summed E-state index contributed by atoms with van der Waals surface area (Å²) in [7, 11) is 0. The number of amides is 1. The molecule has 0 aliphatic heterocycles. The van der Waals surface area contributed by atoms with E-state index in [0.717, 1.165) is 10.1 Å². The Morgan fingerprint density at radius 3 is 2.67 bits per heavy atom. The van der Waals surface area contributed by atoms with Crippen LogP contribution >= 0.6 is 0 Å². The highest BCUT2D eigenvalue weighted by Crippen LogP contribution is 2.23. The number of benzene rings is 2. The van der Waals surface area contributed by atoms with E-state index in [1.54, 1.807) is 61.5 Å². The molecule has 0 saturated carbocycles. The van der Waals surface area contributed by atoms with Crippen molar-refractivity contribution in [2.75, 3.05) is 6.54 Å². The van der Waals surface area contributed by atoms with Gasteiger partial charge >= 0.3 is 5.69 Å². The summed E-state index contributed by atoms with van der Waals surface area (Å²) in [5.74, 6) is -0.231. The number of carbonyl (C=O) groups is 1. The molecule has 0 saturated heterocycles. The zero-order valence-electron chi connectivity index (χ0n) is 17.9. The standard InChI is InChI=1S/C25H20N4O4/c1-3-12-28(15-18-9-7-8-17(13-18)14-26)23(30)20-16(2)33-22-21(20)24(31)29(25(32)27-22)19-10-5-4-6-11-19/h3-11,13H,1,12,15H2,2H3,(H,27,32). The van der Waals surface area contributed by atoms with E-state index in [-0.39, 0.29) is 35.5 Å². The number of hydrogen-bond donors (Lipinski definition) is 1.